The van der Waals surface area contributed by atoms with Gasteiger partial charge in [0.05, 0.1) is 13.2 Å². The number of hydrogen-bond acceptors (Lipinski definition) is 4. The van der Waals surface area contributed by atoms with Gasteiger partial charge in [-0.25, -0.2) is 0 Å². The van der Waals surface area contributed by atoms with Gasteiger partial charge < -0.3 is 15.4 Å². The molecule has 0 spiro atoms. The molecule has 0 radical (unpaired) electrons. The number of rotatable bonds is 6. The monoisotopic (exact) mass is 263 g/mol. The molecule has 4 nitrogen and oxygen atoms in total. The molecule has 0 saturated carbocycles. The second-order valence-corrected chi connectivity index (χ2v) is 5.04. The third-order valence-corrected chi connectivity index (χ3v) is 3.52. The molecule has 1 fully saturated rings. The molecule has 0 atom stereocenters. The molecule has 1 aliphatic rings. The first-order valence-corrected chi connectivity index (χ1v) is 7.20. The standard InChI is InChI=1S/C15H25N3O/c1-2-6-18(15-5-3-4-14(16)13-15)8-7-17-9-11-19-12-10-17/h3-5,13H,2,6-12,16H2,1H3. The van der Waals surface area contributed by atoms with Gasteiger partial charge in [-0.1, -0.05) is 13.0 Å². The summed E-state index contributed by atoms with van der Waals surface area (Å²) in [7, 11) is 0. The maximum absolute atomic E-state index is 5.88. The van der Waals surface area contributed by atoms with Gasteiger partial charge in [0.25, 0.3) is 0 Å². The van der Waals surface area contributed by atoms with Crippen molar-refractivity contribution in [1.82, 2.24) is 4.90 Å². The van der Waals surface area contributed by atoms with Crippen molar-refractivity contribution in [2.75, 3.05) is 56.6 Å². The molecule has 19 heavy (non-hydrogen) atoms. The minimum Gasteiger partial charge on any atom is -0.399 e. The Kier molecular flexibility index (Phi) is 5.48. The van der Waals surface area contributed by atoms with Crippen LogP contribution in [0.4, 0.5) is 11.4 Å². The van der Waals surface area contributed by atoms with Crippen LogP contribution in [0.5, 0.6) is 0 Å². The summed E-state index contributed by atoms with van der Waals surface area (Å²) in [4.78, 5) is 4.89. The minimum absolute atomic E-state index is 0.838. The number of nitrogens with zero attached hydrogens (tertiary/aromatic N) is 2. The fraction of sp³-hybridized carbons (Fsp3) is 0.600. The predicted molar refractivity (Wildman–Crippen MR) is 80.6 cm³/mol. The zero-order valence-electron chi connectivity index (χ0n) is 11.8. The quantitative estimate of drug-likeness (QED) is 0.795. The van der Waals surface area contributed by atoms with Crippen LogP contribution in [0.1, 0.15) is 13.3 Å². The van der Waals surface area contributed by atoms with Gasteiger partial charge in [-0.05, 0) is 24.6 Å². The highest BCUT2D eigenvalue weighted by molar-refractivity contribution is 5.55. The number of morpholine rings is 1. The highest BCUT2D eigenvalue weighted by Crippen LogP contribution is 2.17. The summed E-state index contributed by atoms with van der Waals surface area (Å²) in [6.07, 6.45) is 1.15. The lowest BCUT2D eigenvalue weighted by atomic mass is 10.2. The van der Waals surface area contributed by atoms with E-state index in [4.69, 9.17) is 10.5 Å². The van der Waals surface area contributed by atoms with Crippen LogP contribution in [0.2, 0.25) is 0 Å². The average Bonchev–Trinajstić information content (AvgIpc) is 2.44. The van der Waals surface area contributed by atoms with E-state index >= 15 is 0 Å². The van der Waals surface area contributed by atoms with Crippen LogP contribution in [-0.4, -0.2) is 50.8 Å². The third-order valence-electron chi connectivity index (χ3n) is 3.52. The number of benzene rings is 1. The fourth-order valence-electron chi connectivity index (χ4n) is 2.45. The Hall–Kier alpha value is -1.26. The third kappa shape index (κ3) is 4.40. The number of anilines is 2. The maximum Gasteiger partial charge on any atom is 0.0594 e. The molecule has 0 unspecified atom stereocenters. The van der Waals surface area contributed by atoms with Crippen molar-refractivity contribution in [3.05, 3.63) is 24.3 Å². The lowest BCUT2D eigenvalue weighted by Gasteiger charge is -2.31. The normalized spacial score (nSPS) is 16.5. The Morgan fingerprint density at radius 1 is 1.26 bits per heavy atom. The number of nitrogen functional groups attached to an aromatic ring is 1. The van der Waals surface area contributed by atoms with E-state index in [0.717, 1.165) is 58.0 Å². The first-order chi connectivity index (χ1) is 9.29. The van der Waals surface area contributed by atoms with E-state index in [-0.39, 0.29) is 0 Å². The summed E-state index contributed by atoms with van der Waals surface area (Å²) in [5.74, 6) is 0. The van der Waals surface area contributed by atoms with Crippen molar-refractivity contribution in [3.63, 3.8) is 0 Å². The SMILES string of the molecule is CCCN(CCN1CCOCC1)c1cccc(N)c1. The van der Waals surface area contributed by atoms with Crippen LogP contribution >= 0.6 is 0 Å². The van der Waals surface area contributed by atoms with Crippen LogP contribution in [0.3, 0.4) is 0 Å². The summed E-state index contributed by atoms with van der Waals surface area (Å²) in [6, 6.07) is 8.18. The van der Waals surface area contributed by atoms with Crippen molar-refractivity contribution >= 4 is 11.4 Å². The summed E-state index contributed by atoms with van der Waals surface area (Å²) in [6.45, 7) is 9.28. The van der Waals surface area contributed by atoms with Gasteiger partial charge in [0, 0.05) is 44.1 Å². The molecule has 106 valence electrons. The van der Waals surface area contributed by atoms with E-state index in [0.29, 0.717) is 0 Å². The molecule has 0 aliphatic carbocycles. The van der Waals surface area contributed by atoms with E-state index in [1.54, 1.807) is 0 Å². The number of nitrogens with two attached hydrogens (primary N) is 1. The van der Waals surface area contributed by atoms with Crippen molar-refractivity contribution in [1.29, 1.82) is 0 Å². The van der Waals surface area contributed by atoms with Crippen LogP contribution < -0.4 is 10.6 Å². The second-order valence-electron chi connectivity index (χ2n) is 5.04. The van der Waals surface area contributed by atoms with Crippen molar-refractivity contribution in [2.24, 2.45) is 0 Å². The lowest BCUT2D eigenvalue weighted by Crippen LogP contribution is -2.41. The summed E-state index contributed by atoms with van der Waals surface area (Å²) in [5.41, 5.74) is 7.95. The molecule has 0 aromatic heterocycles. The molecular formula is C15H25N3O. The van der Waals surface area contributed by atoms with Crippen LogP contribution in [0.25, 0.3) is 0 Å². The molecule has 1 heterocycles. The zero-order valence-corrected chi connectivity index (χ0v) is 11.8. The van der Waals surface area contributed by atoms with Crippen LogP contribution in [0, 0.1) is 0 Å². The number of ether oxygens (including phenoxy) is 1. The van der Waals surface area contributed by atoms with Crippen molar-refractivity contribution in [2.45, 2.75) is 13.3 Å². The van der Waals surface area contributed by atoms with Gasteiger partial charge in [0.1, 0.15) is 0 Å². The summed E-state index contributed by atoms with van der Waals surface area (Å²) >= 11 is 0. The van der Waals surface area contributed by atoms with Crippen LogP contribution in [-0.2, 0) is 4.74 Å². The summed E-state index contributed by atoms with van der Waals surface area (Å²) < 4.78 is 5.38. The highest BCUT2D eigenvalue weighted by atomic mass is 16.5. The molecular weight excluding hydrogens is 238 g/mol. The minimum atomic E-state index is 0.838. The largest absolute Gasteiger partial charge is 0.399 e. The van der Waals surface area contributed by atoms with Crippen molar-refractivity contribution in [3.8, 4) is 0 Å². The topological polar surface area (TPSA) is 41.7 Å². The Labute approximate surface area is 116 Å². The molecule has 1 aromatic rings. The number of hydrogen-bond donors (Lipinski definition) is 1. The van der Waals surface area contributed by atoms with Gasteiger partial charge in [-0.3, -0.25) is 4.90 Å². The van der Waals surface area contributed by atoms with E-state index in [1.165, 1.54) is 5.69 Å². The Balaban J connectivity index is 1.91. The molecule has 0 bridgehead atoms. The van der Waals surface area contributed by atoms with Gasteiger partial charge in [0.15, 0.2) is 0 Å². The lowest BCUT2D eigenvalue weighted by molar-refractivity contribution is 0.0392. The smallest absolute Gasteiger partial charge is 0.0594 e. The molecule has 0 amide bonds. The molecule has 4 heteroatoms. The highest BCUT2D eigenvalue weighted by Gasteiger charge is 2.12. The molecule has 1 aliphatic heterocycles. The predicted octanol–water partition coefficient (Wildman–Crippen LogP) is 1.82. The first kappa shape index (κ1) is 14.2. The van der Waals surface area contributed by atoms with E-state index < -0.39 is 0 Å². The molecule has 2 N–H and O–H groups in total. The van der Waals surface area contributed by atoms with Crippen LogP contribution in [0.15, 0.2) is 24.3 Å². The Morgan fingerprint density at radius 2 is 2.05 bits per heavy atom. The summed E-state index contributed by atoms with van der Waals surface area (Å²) in [5, 5.41) is 0. The van der Waals surface area contributed by atoms with Gasteiger partial charge in [0.2, 0.25) is 0 Å². The Bertz CT molecular complexity index is 377. The molecule has 1 aromatic carbocycles. The van der Waals surface area contributed by atoms with Gasteiger partial charge in [-0.2, -0.15) is 0 Å². The Morgan fingerprint density at radius 3 is 2.74 bits per heavy atom. The fourth-order valence-corrected chi connectivity index (χ4v) is 2.45. The van der Waals surface area contributed by atoms with E-state index in [9.17, 15) is 0 Å². The average molecular weight is 263 g/mol. The molecule has 2 rings (SSSR count). The van der Waals surface area contributed by atoms with E-state index in [2.05, 4.69) is 28.9 Å². The molecule has 1 saturated heterocycles. The first-order valence-electron chi connectivity index (χ1n) is 7.20. The van der Waals surface area contributed by atoms with Gasteiger partial charge >= 0.3 is 0 Å². The second kappa shape index (κ2) is 7.36. The zero-order chi connectivity index (χ0) is 13.5. The maximum atomic E-state index is 5.88. The van der Waals surface area contributed by atoms with E-state index in [1.807, 2.05) is 12.1 Å². The van der Waals surface area contributed by atoms with Gasteiger partial charge in [-0.15, -0.1) is 0 Å². The van der Waals surface area contributed by atoms with Crippen molar-refractivity contribution < 1.29 is 4.74 Å².